The summed E-state index contributed by atoms with van der Waals surface area (Å²) in [5.41, 5.74) is 2.08. The minimum atomic E-state index is 0.912. The molecule has 0 saturated heterocycles. The van der Waals surface area contributed by atoms with Gasteiger partial charge in [0.1, 0.15) is 6.33 Å². The lowest BCUT2D eigenvalue weighted by atomic mass is 10.1. The fourth-order valence-electron chi connectivity index (χ4n) is 2.17. The topological polar surface area (TPSA) is 43.6 Å². The number of nitrogens with zero attached hydrogens (tertiary/aromatic N) is 4. The maximum Gasteiger partial charge on any atom is 0.164 e. The Morgan fingerprint density at radius 3 is 3.00 bits per heavy atom. The van der Waals surface area contributed by atoms with Crippen molar-refractivity contribution in [3.8, 4) is 11.4 Å². The van der Waals surface area contributed by atoms with Crippen molar-refractivity contribution in [3.05, 3.63) is 42.9 Å². The first-order valence-electron chi connectivity index (χ1n) is 6.12. The van der Waals surface area contributed by atoms with Crippen LogP contribution in [0.15, 0.2) is 42.9 Å². The molecule has 90 valence electrons. The number of pyridine rings is 1. The third-order valence-electron chi connectivity index (χ3n) is 2.97. The minimum Gasteiger partial charge on any atom is -0.314 e. The fourth-order valence-corrected chi connectivity index (χ4v) is 2.17. The van der Waals surface area contributed by atoms with E-state index in [-0.39, 0.29) is 0 Å². The monoisotopic (exact) mass is 238 g/mol. The SMILES string of the molecule is CCCn1cnnc1-c1cccc2ncccc12. The summed E-state index contributed by atoms with van der Waals surface area (Å²) >= 11 is 0. The molecule has 2 heterocycles. The molecule has 0 atom stereocenters. The predicted molar refractivity (Wildman–Crippen MR) is 71.1 cm³/mol. The molecule has 0 aliphatic rings. The van der Waals surface area contributed by atoms with Crippen molar-refractivity contribution in [3.63, 3.8) is 0 Å². The van der Waals surface area contributed by atoms with E-state index in [1.54, 1.807) is 6.33 Å². The number of aromatic nitrogens is 4. The van der Waals surface area contributed by atoms with Gasteiger partial charge in [0.2, 0.25) is 0 Å². The number of hydrogen-bond acceptors (Lipinski definition) is 3. The summed E-state index contributed by atoms with van der Waals surface area (Å²) in [5, 5.41) is 9.37. The fraction of sp³-hybridized carbons (Fsp3) is 0.214. The van der Waals surface area contributed by atoms with Crippen LogP contribution in [0.4, 0.5) is 0 Å². The lowest BCUT2D eigenvalue weighted by Crippen LogP contribution is -1.98. The van der Waals surface area contributed by atoms with Crippen LogP contribution in [0.1, 0.15) is 13.3 Å². The van der Waals surface area contributed by atoms with E-state index in [1.807, 2.05) is 24.4 Å². The van der Waals surface area contributed by atoms with E-state index in [0.29, 0.717) is 0 Å². The first kappa shape index (κ1) is 10.9. The van der Waals surface area contributed by atoms with Gasteiger partial charge in [-0.25, -0.2) is 0 Å². The molecule has 2 aromatic heterocycles. The van der Waals surface area contributed by atoms with Crippen LogP contribution in [0.3, 0.4) is 0 Å². The van der Waals surface area contributed by atoms with Gasteiger partial charge in [0.25, 0.3) is 0 Å². The predicted octanol–water partition coefficient (Wildman–Crippen LogP) is 2.90. The van der Waals surface area contributed by atoms with Gasteiger partial charge in [-0.3, -0.25) is 4.98 Å². The van der Waals surface area contributed by atoms with Crippen LogP contribution in [0.2, 0.25) is 0 Å². The number of rotatable bonds is 3. The molecule has 0 amide bonds. The van der Waals surface area contributed by atoms with Crippen molar-refractivity contribution in [2.24, 2.45) is 0 Å². The Balaban J connectivity index is 2.22. The molecule has 0 spiro atoms. The lowest BCUT2D eigenvalue weighted by molar-refractivity contribution is 0.683. The van der Waals surface area contributed by atoms with Crippen LogP contribution < -0.4 is 0 Å². The van der Waals surface area contributed by atoms with Crippen molar-refractivity contribution < 1.29 is 0 Å². The summed E-state index contributed by atoms with van der Waals surface area (Å²) in [6, 6.07) is 10.1. The Kier molecular flexibility index (Phi) is 2.76. The van der Waals surface area contributed by atoms with Crippen LogP contribution in [0.25, 0.3) is 22.3 Å². The van der Waals surface area contributed by atoms with Gasteiger partial charge in [0.05, 0.1) is 5.52 Å². The highest BCUT2D eigenvalue weighted by molar-refractivity contribution is 5.92. The van der Waals surface area contributed by atoms with E-state index >= 15 is 0 Å². The van der Waals surface area contributed by atoms with E-state index < -0.39 is 0 Å². The molecular weight excluding hydrogens is 224 g/mol. The summed E-state index contributed by atoms with van der Waals surface area (Å²) in [5.74, 6) is 0.912. The summed E-state index contributed by atoms with van der Waals surface area (Å²) in [6.45, 7) is 3.08. The number of aryl methyl sites for hydroxylation is 1. The molecule has 0 fully saturated rings. The molecule has 3 aromatic rings. The van der Waals surface area contributed by atoms with Crippen LogP contribution in [-0.4, -0.2) is 19.7 Å². The molecule has 0 saturated carbocycles. The van der Waals surface area contributed by atoms with Gasteiger partial charge in [-0.15, -0.1) is 10.2 Å². The number of hydrogen-bond donors (Lipinski definition) is 0. The summed E-state index contributed by atoms with van der Waals surface area (Å²) < 4.78 is 2.09. The molecule has 3 rings (SSSR count). The zero-order valence-corrected chi connectivity index (χ0v) is 10.2. The highest BCUT2D eigenvalue weighted by Crippen LogP contribution is 2.25. The van der Waals surface area contributed by atoms with Gasteiger partial charge in [-0.2, -0.15) is 0 Å². The smallest absolute Gasteiger partial charge is 0.164 e. The summed E-state index contributed by atoms with van der Waals surface area (Å²) in [4.78, 5) is 4.37. The average molecular weight is 238 g/mol. The van der Waals surface area contributed by atoms with Gasteiger partial charge >= 0.3 is 0 Å². The van der Waals surface area contributed by atoms with Gasteiger partial charge < -0.3 is 4.57 Å². The van der Waals surface area contributed by atoms with Gasteiger partial charge in [-0.05, 0) is 18.6 Å². The van der Waals surface area contributed by atoms with Crippen molar-refractivity contribution in [1.82, 2.24) is 19.7 Å². The molecule has 0 bridgehead atoms. The maximum atomic E-state index is 4.37. The Labute approximate surface area is 105 Å². The quantitative estimate of drug-likeness (QED) is 0.704. The third kappa shape index (κ3) is 1.76. The second-order valence-electron chi connectivity index (χ2n) is 4.22. The second-order valence-corrected chi connectivity index (χ2v) is 4.22. The molecule has 0 radical (unpaired) electrons. The molecule has 4 nitrogen and oxygen atoms in total. The number of benzene rings is 1. The van der Waals surface area contributed by atoms with E-state index in [1.165, 1.54) is 0 Å². The summed E-state index contributed by atoms with van der Waals surface area (Å²) in [6.07, 6.45) is 4.66. The molecule has 0 aliphatic heterocycles. The largest absolute Gasteiger partial charge is 0.314 e. The van der Waals surface area contributed by atoms with Crippen LogP contribution in [-0.2, 0) is 6.54 Å². The van der Waals surface area contributed by atoms with Gasteiger partial charge in [0.15, 0.2) is 5.82 Å². The Bertz CT molecular complexity index is 667. The number of fused-ring (bicyclic) bond motifs is 1. The highest BCUT2D eigenvalue weighted by atomic mass is 15.3. The van der Waals surface area contributed by atoms with Crippen molar-refractivity contribution >= 4 is 10.9 Å². The van der Waals surface area contributed by atoms with Crippen molar-refractivity contribution in [1.29, 1.82) is 0 Å². The van der Waals surface area contributed by atoms with Crippen LogP contribution in [0, 0.1) is 0 Å². The Morgan fingerprint density at radius 2 is 2.11 bits per heavy atom. The van der Waals surface area contributed by atoms with E-state index in [0.717, 1.165) is 35.3 Å². The molecule has 0 aliphatic carbocycles. The lowest BCUT2D eigenvalue weighted by Gasteiger charge is -2.07. The first-order chi connectivity index (χ1) is 8.90. The first-order valence-corrected chi connectivity index (χ1v) is 6.12. The maximum absolute atomic E-state index is 4.37. The minimum absolute atomic E-state index is 0.912. The normalized spacial score (nSPS) is 10.9. The molecule has 0 unspecified atom stereocenters. The highest BCUT2D eigenvalue weighted by Gasteiger charge is 2.10. The Morgan fingerprint density at radius 1 is 1.17 bits per heavy atom. The van der Waals surface area contributed by atoms with Gasteiger partial charge in [0, 0.05) is 23.7 Å². The molecule has 1 aromatic carbocycles. The van der Waals surface area contributed by atoms with Crippen LogP contribution in [0.5, 0.6) is 0 Å². The van der Waals surface area contributed by atoms with Gasteiger partial charge in [-0.1, -0.05) is 25.1 Å². The molecule has 18 heavy (non-hydrogen) atoms. The van der Waals surface area contributed by atoms with Crippen molar-refractivity contribution in [2.45, 2.75) is 19.9 Å². The second kappa shape index (κ2) is 4.56. The average Bonchev–Trinajstić information content (AvgIpc) is 2.87. The zero-order valence-electron chi connectivity index (χ0n) is 10.2. The van der Waals surface area contributed by atoms with E-state index in [9.17, 15) is 0 Å². The molecular formula is C14H14N4. The zero-order chi connectivity index (χ0) is 12.4. The van der Waals surface area contributed by atoms with E-state index in [4.69, 9.17) is 0 Å². The van der Waals surface area contributed by atoms with E-state index in [2.05, 4.69) is 38.8 Å². The van der Waals surface area contributed by atoms with Crippen molar-refractivity contribution in [2.75, 3.05) is 0 Å². The Hall–Kier alpha value is -2.23. The van der Waals surface area contributed by atoms with Crippen LogP contribution >= 0.6 is 0 Å². The molecule has 4 heteroatoms. The standard InChI is InChI=1S/C14H14N4/c1-2-9-18-10-16-17-14(18)12-5-3-7-13-11(12)6-4-8-15-13/h3-8,10H,2,9H2,1H3. The summed E-state index contributed by atoms with van der Waals surface area (Å²) in [7, 11) is 0. The third-order valence-corrected chi connectivity index (χ3v) is 2.97. The molecule has 0 N–H and O–H groups in total.